The Bertz CT molecular complexity index is 653. The summed E-state index contributed by atoms with van der Waals surface area (Å²) in [5.74, 6) is 1.84. The molecule has 7 heteroatoms. The van der Waals surface area contributed by atoms with Gasteiger partial charge in [0.2, 0.25) is 0 Å². The number of nitrogens with one attached hydrogen (secondary N) is 2. The quantitative estimate of drug-likeness (QED) is 0.216. The van der Waals surface area contributed by atoms with Crippen LogP contribution in [0.2, 0.25) is 0 Å². The Kier molecular flexibility index (Phi) is 9.68. The van der Waals surface area contributed by atoms with Crippen LogP contribution in [0.5, 0.6) is 0 Å². The van der Waals surface area contributed by atoms with Crippen molar-refractivity contribution < 1.29 is 0 Å². The van der Waals surface area contributed by atoms with Gasteiger partial charge in [-0.3, -0.25) is 4.99 Å². The minimum atomic E-state index is 0. The number of aryl methyl sites for hydroxylation is 3. The number of thioether (sulfide) groups is 1. The van der Waals surface area contributed by atoms with Crippen molar-refractivity contribution in [2.75, 3.05) is 19.3 Å². The van der Waals surface area contributed by atoms with Gasteiger partial charge in [-0.15, -0.1) is 47.1 Å². The minimum Gasteiger partial charge on any atom is -0.356 e. The van der Waals surface area contributed by atoms with Crippen LogP contribution in [0.15, 0.2) is 34.2 Å². The molecule has 0 fully saturated rings. The molecule has 0 atom stereocenters. The van der Waals surface area contributed by atoms with E-state index in [4.69, 9.17) is 0 Å². The third kappa shape index (κ3) is 6.98. The number of halogens is 1. The molecule has 0 unspecified atom stereocenters. The van der Waals surface area contributed by atoms with Crippen molar-refractivity contribution in [3.63, 3.8) is 0 Å². The molecule has 0 aliphatic heterocycles. The van der Waals surface area contributed by atoms with Crippen LogP contribution in [0.25, 0.3) is 0 Å². The van der Waals surface area contributed by atoms with Gasteiger partial charge in [-0.2, -0.15) is 0 Å². The highest BCUT2D eigenvalue weighted by Gasteiger charge is 2.05. The molecule has 1 aromatic heterocycles. The Morgan fingerprint density at radius 3 is 2.46 bits per heavy atom. The van der Waals surface area contributed by atoms with Gasteiger partial charge in [-0.1, -0.05) is 17.7 Å². The topological polar surface area (TPSA) is 49.3 Å². The molecule has 0 saturated heterocycles. The van der Waals surface area contributed by atoms with Crippen LogP contribution >= 0.6 is 47.1 Å². The van der Waals surface area contributed by atoms with Crippen LogP contribution in [-0.2, 0) is 6.54 Å². The molecule has 0 radical (unpaired) electrons. The number of benzene rings is 1. The number of aliphatic imine (C=N–C) groups is 1. The molecule has 0 bridgehead atoms. The van der Waals surface area contributed by atoms with Gasteiger partial charge in [-0.05, 0) is 32.9 Å². The number of hydrogen-bond acceptors (Lipinski definition) is 4. The first-order chi connectivity index (χ1) is 11.1. The van der Waals surface area contributed by atoms with Crippen LogP contribution in [0.3, 0.4) is 0 Å². The van der Waals surface area contributed by atoms with E-state index in [-0.39, 0.29) is 24.0 Å². The molecule has 0 aliphatic carbocycles. The number of nitrogens with zero attached hydrogens (tertiary/aromatic N) is 2. The van der Waals surface area contributed by atoms with E-state index in [9.17, 15) is 0 Å². The second-order valence-corrected chi connectivity index (χ2v) is 7.71. The molecule has 2 aromatic rings. The zero-order valence-electron chi connectivity index (χ0n) is 14.5. The van der Waals surface area contributed by atoms with E-state index in [1.807, 2.05) is 18.7 Å². The molecule has 1 aromatic carbocycles. The second-order valence-electron chi connectivity index (χ2n) is 5.26. The number of rotatable bonds is 6. The molecular weight excluding hydrogens is 451 g/mol. The molecule has 24 heavy (non-hydrogen) atoms. The van der Waals surface area contributed by atoms with E-state index < -0.39 is 0 Å². The largest absolute Gasteiger partial charge is 0.356 e. The number of thiazole rings is 1. The van der Waals surface area contributed by atoms with Crippen molar-refractivity contribution in [1.29, 1.82) is 0 Å². The molecule has 0 saturated carbocycles. The number of aromatic nitrogens is 1. The van der Waals surface area contributed by atoms with Gasteiger partial charge in [-0.25, -0.2) is 4.98 Å². The van der Waals surface area contributed by atoms with Crippen LogP contribution in [0.4, 0.5) is 0 Å². The normalized spacial score (nSPS) is 11.1. The third-order valence-electron chi connectivity index (χ3n) is 3.32. The molecule has 0 spiro atoms. The van der Waals surface area contributed by atoms with Crippen molar-refractivity contribution in [1.82, 2.24) is 15.6 Å². The summed E-state index contributed by atoms with van der Waals surface area (Å²) in [4.78, 5) is 11.3. The summed E-state index contributed by atoms with van der Waals surface area (Å²) in [6, 6.07) is 8.63. The van der Waals surface area contributed by atoms with E-state index in [2.05, 4.69) is 58.7 Å². The molecule has 0 aliphatic rings. The lowest BCUT2D eigenvalue weighted by molar-refractivity contribution is 0.835. The molecule has 2 rings (SSSR count). The monoisotopic (exact) mass is 476 g/mol. The smallest absolute Gasteiger partial charge is 0.191 e. The first-order valence-corrected chi connectivity index (χ1v) is 9.45. The fourth-order valence-corrected chi connectivity index (χ4v) is 3.74. The van der Waals surface area contributed by atoms with Crippen LogP contribution in [0.1, 0.15) is 21.1 Å². The first kappa shape index (κ1) is 21.2. The van der Waals surface area contributed by atoms with Gasteiger partial charge in [0, 0.05) is 29.1 Å². The Morgan fingerprint density at radius 2 is 1.88 bits per heavy atom. The highest BCUT2D eigenvalue weighted by molar-refractivity contribution is 14.0. The Balaban J connectivity index is 0.00000288. The summed E-state index contributed by atoms with van der Waals surface area (Å²) in [5, 5.41) is 7.80. The molecular formula is C17H25IN4S2. The second kappa shape index (κ2) is 10.9. The van der Waals surface area contributed by atoms with Gasteiger partial charge >= 0.3 is 0 Å². The summed E-state index contributed by atoms with van der Waals surface area (Å²) in [7, 11) is 1.80. The van der Waals surface area contributed by atoms with E-state index in [1.54, 1.807) is 18.4 Å². The summed E-state index contributed by atoms with van der Waals surface area (Å²) in [5.41, 5.74) is 2.40. The van der Waals surface area contributed by atoms with Crippen molar-refractivity contribution in [3.05, 3.63) is 45.4 Å². The predicted molar refractivity (Wildman–Crippen MR) is 117 cm³/mol. The highest BCUT2D eigenvalue weighted by atomic mass is 127. The van der Waals surface area contributed by atoms with Gasteiger partial charge < -0.3 is 10.6 Å². The summed E-state index contributed by atoms with van der Waals surface area (Å²) in [6.07, 6.45) is 0. The van der Waals surface area contributed by atoms with Crippen molar-refractivity contribution in [2.45, 2.75) is 32.2 Å². The first-order valence-electron chi connectivity index (χ1n) is 7.65. The molecule has 0 amide bonds. The standard InChI is InChI=1S/C17H24N4S2.HI/c1-12-5-7-15(8-6-12)22-10-9-19-17(18-4)20-11-16-13(2)21-14(3)23-16;/h5-8H,9-11H2,1-4H3,(H2,18,19,20);1H. The molecule has 132 valence electrons. The molecule has 2 N–H and O–H groups in total. The Morgan fingerprint density at radius 1 is 1.17 bits per heavy atom. The van der Waals surface area contributed by atoms with E-state index >= 15 is 0 Å². The maximum absolute atomic E-state index is 4.44. The third-order valence-corrected chi connectivity index (χ3v) is 5.41. The average Bonchev–Trinajstić information content (AvgIpc) is 2.86. The van der Waals surface area contributed by atoms with Crippen LogP contribution < -0.4 is 10.6 Å². The number of hydrogen-bond donors (Lipinski definition) is 2. The Hall–Kier alpha value is -0.800. The predicted octanol–water partition coefficient (Wildman–Crippen LogP) is 4.14. The molecule has 1 heterocycles. The lowest BCUT2D eigenvalue weighted by Crippen LogP contribution is -2.37. The van der Waals surface area contributed by atoms with Crippen molar-refractivity contribution in [2.24, 2.45) is 4.99 Å². The summed E-state index contributed by atoms with van der Waals surface area (Å²) in [6.45, 7) is 7.84. The fourth-order valence-electron chi connectivity index (χ4n) is 2.09. The summed E-state index contributed by atoms with van der Waals surface area (Å²) < 4.78 is 0. The van der Waals surface area contributed by atoms with E-state index in [1.165, 1.54) is 15.3 Å². The van der Waals surface area contributed by atoms with Crippen molar-refractivity contribution in [3.8, 4) is 0 Å². The molecule has 4 nitrogen and oxygen atoms in total. The SMILES string of the molecule is CN=C(NCCSc1ccc(C)cc1)NCc1sc(C)nc1C.I. The fraction of sp³-hybridized carbons (Fsp3) is 0.412. The highest BCUT2D eigenvalue weighted by Crippen LogP contribution is 2.18. The zero-order chi connectivity index (χ0) is 16.7. The average molecular weight is 476 g/mol. The maximum atomic E-state index is 4.44. The van der Waals surface area contributed by atoms with Crippen LogP contribution in [0, 0.1) is 20.8 Å². The zero-order valence-corrected chi connectivity index (χ0v) is 18.5. The van der Waals surface area contributed by atoms with Gasteiger partial charge in [0.05, 0.1) is 17.2 Å². The maximum Gasteiger partial charge on any atom is 0.191 e. The van der Waals surface area contributed by atoms with Gasteiger partial charge in [0.1, 0.15) is 0 Å². The van der Waals surface area contributed by atoms with Gasteiger partial charge in [0.25, 0.3) is 0 Å². The minimum absolute atomic E-state index is 0. The van der Waals surface area contributed by atoms with Crippen molar-refractivity contribution >= 4 is 53.0 Å². The summed E-state index contributed by atoms with van der Waals surface area (Å²) >= 11 is 3.58. The lowest BCUT2D eigenvalue weighted by Gasteiger charge is -2.11. The van der Waals surface area contributed by atoms with E-state index in [0.29, 0.717) is 0 Å². The van der Waals surface area contributed by atoms with E-state index in [0.717, 1.165) is 35.5 Å². The van der Waals surface area contributed by atoms with Crippen LogP contribution in [-0.4, -0.2) is 30.3 Å². The Labute approximate surface area is 170 Å². The number of guanidine groups is 1. The lowest BCUT2D eigenvalue weighted by atomic mass is 10.2. The van der Waals surface area contributed by atoms with Gasteiger partial charge in [0.15, 0.2) is 5.96 Å².